The van der Waals surface area contributed by atoms with E-state index in [-0.39, 0.29) is 4.90 Å². The summed E-state index contributed by atoms with van der Waals surface area (Å²) in [6.45, 7) is 3.45. The zero-order valence-electron chi connectivity index (χ0n) is 11.3. The Morgan fingerprint density at radius 1 is 0.900 bits per heavy atom. The van der Waals surface area contributed by atoms with E-state index in [0.29, 0.717) is 11.1 Å². The summed E-state index contributed by atoms with van der Waals surface area (Å²) in [5.41, 5.74) is 1.67. The highest BCUT2D eigenvalue weighted by molar-refractivity contribution is 7.90. The molecule has 1 amide bonds. The van der Waals surface area contributed by atoms with Crippen molar-refractivity contribution in [3.63, 3.8) is 0 Å². The summed E-state index contributed by atoms with van der Waals surface area (Å²) in [5, 5.41) is 0. The van der Waals surface area contributed by atoms with E-state index in [0.717, 1.165) is 5.56 Å². The van der Waals surface area contributed by atoms with E-state index in [1.807, 2.05) is 0 Å². The number of hydrogen-bond acceptors (Lipinski definition) is 3. The van der Waals surface area contributed by atoms with Crippen LogP contribution in [-0.4, -0.2) is 14.3 Å². The van der Waals surface area contributed by atoms with Gasteiger partial charge >= 0.3 is 0 Å². The molecule has 4 nitrogen and oxygen atoms in total. The summed E-state index contributed by atoms with van der Waals surface area (Å²) in [4.78, 5) is 12.2. The Morgan fingerprint density at radius 2 is 1.45 bits per heavy atom. The van der Waals surface area contributed by atoms with E-state index in [1.54, 1.807) is 56.3 Å². The Hall–Kier alpha value is -2.14. The third-order valence-corrected chi connectivity index (χ3v) is 4.49. The van der Waals surface area contributed by atoms with Crippen molar-refractivity contribution in [2.45, 2.75) is 18.7 Å². The quantitative estimate of drug-likeness (QED) is 0.944. The number of benzene rings is 2. The standard InChI is InChI=1S/C15H15NO3S/c1-11-7-3-5-9-13(11)15(17)16-20(18,19)14-10-6-4-8-12(14)2/h3-10H,1-2H3,(H,16,17). The molecule has 104 valence electrons. The zero-order valence-corrected chi connectivity index (χ0v) is 12.1. The lowest BCUT2D eigenvalue weighted by molar-refractivity contribution is 0.0981. The van der Waals surface area contributed by atoms with E-state index in [4.69, 9.17) is 0 Å². The number of carbonyl (C=O) groups excluding carboxylic acids is 1. The van der Waals surface area contributed by atoms with E-state index >= 15 is 0 Å². The SMILES string of the molecule is Cc1ccccc1C(=O)NS(=O)(=O)c1ccccc1C. The average Bonchev–Trinajstić information content (AvgIpc) is 2.38. The van der Waals surface area contributed by atoms with Gasteiger partial charge in [-0.05, 0) is 37.1 Å². The van der Waals surface area contributed by atoms with Crippen LogP contribution < -0.4 is 4.72 Å². The molecule has 0 radical (unpaired) electrons. The van der Waals surface area contributed by atoms with Gasteiger partial charge in [0.05, 0.1) is 4.90 Å². The highest BCUT2D eigenvalue weighted by Gasteiger charge is 2.20. The smallest absolute Gasteiger partial charge is 0.265 e. The molecule has 0 saturated heterocycles. The fourth-order valence-electron chi connectivity index (χ4n) is 1.92. The normalized spacial score (nSPS) is 11.1. The summed E-state index contributed by atoms with van der Waals surface area (Å²) in [6, 6.07) is 13.4. The first-order valence-electron chi connectivity index (χ1n) is 6.10. The molecule has 0 saturated carbocycles. The minimum atomic E-state index is -3.85. The maximum Gasteiger partial charge on any atom is 0.265 e. The Morgan fingerprint density at radius 3 is 2.05 bits per heavy atom. The van der Waals surface area contributed by atoms with Gasteiger partial charge in [0.25, 0.3) is 15.9 Å². The molecule has 2 aromatic carbocycles. The Kier molecular flexibility index (Phi) is 3.90. The van der Waals surface area contributed by atoms with E-state index in [2.05, 4.69) is 4.72 Å². The Labute approximate surface area is 118 Å². The molecule has 0 bridgehead atoms. The molecular formula is C15H15NO3S. The number of aryl methyl sites for hydroxylation is 2. The van der Waals surface area contributed by atoms with Crippen LogP contribution in [0, 0.1) is 13.8 Å². The molecule has 0 fully saturated rings. The third-order valence-electron chi connectivity index (χ3n) is 3.00. The van der Waals surface area contributed by atoms with E-state index in [9.17, 15) is 13.2 Å². The van der Waals surface area contributed by atoms with Gasteiger partial charge in [-0.3, -0.25) is 4.79 Å². The van der Waals surface area contributed by atoms with E-state index in [1.165, 1.54) is 6.07 Å². The lowest BCUT2D eigenvalue weighted by atomic mass is 10.1. The van der Waals surface area contributed by atoms with Gasteiger partial charge in [-0.25, -0.2) is 13.1 Å². The molecule has 0 unspecified atom stereocenters. The highest BCUT2D eigenvalue weighted by Crippen LogP contribution is 2.15. The van der Waals surface area contributed by atoms with Gasteiger partial charge in [0.2, 0.25) is 0 Å². The van der Waals surface area contributed by atoms with Crippen molar-refractivity contribution in [2.24, 2.45) is 0 Å². The lowest BCUT2D eigenvalue weighted by Crippen LogP contribution is -2.31. The maximum absolute atomic E-state index is 12.2. The molecule has 20 heavy (non-hydrogen) atoms. The average molecular weight is 289 g/mol. The van der Waals surface area contributed by atoms with Crippen LogP contribution in [-0.2, 0) is 10.0 Å². The molecule has 0 spiro atoms. The highest BCUT2D eigenvalue weighted by atomic mass is 32.2. The molecule has 0 aromatic heterocycles. The number of hydrogen-bond donors (Lipinski definition) is 1. The van der Waals surface area contributed by atoms with Crippen LogP contribution in [0.15, 0.2) is 53.4 Å². The summed E-state index contributed by atoms with van der Waals surface area (Å²) in [7, 11) is -3.85. The fourth-order valence-corrected chi connectivity index (χ4v) is 3.13. The van der Waals surface area contributed by atoms with Crippen molar-refractivity contribution in [1.29, 1.82) is 0 Å². The van der Waals surface area contributed by atoms with Crippen molar-refractivity contribution in [3.8, 4) is 0 Å². The number of nitrogens with one attached hydrogen (secondary N) is 1. The second kappa shape index (κ2) is 5.46. The zero-order chi connectivity index (χ0) is 14.8. The largest absolute Gasteiger partial charge is 0.268 e. The molecule has 0 atom stereocenters. The van der Waals surface area contributed by atoms with Crippen LogP contribution >= 0.6 is 0 Å². The summed E-state index contributed by atoms with van der Waals surface area (Å²) in [5.74, 6) is -0.619. The molecule has 1 N–H and O–H groups in total. The third kappa shape index (κ3) is 2.88. The van der Waals surface area contributed by atoms with Crippen LogP contribution in [0.2, 0.25) is 0 Å². The summed E-state index contributed by atoms with van der Waals surface area (Å²) < 4.78 is 26.5. The van der Waals surface area contributed by atoms with Gasteiger partial charge in [0, 0.05) is 5.56 Å². The predicted molar refractivity (Wildman–Crippen MR) is 77.0 cm³/mol. The first kappa shape index (κ1) is 14.3. The number of carbonyl (C=O) groups is 1. The van der Waals surface area contributed by atoms with Crippen molar-refractivity contribution < 1.29 is 13.2 Å². The fraction of sp³-hybridized carbons (Fsp3) is 0.133. The monoisotopic (exact) mass is 289 g/mol. The first-order valence-corrected chi connectivity index (χ1v) is 7.58. The Balaban J connectivity index is 2.33. The van der Waals surface area contributed by atoms with Crippen LogP contribution in [0.4, 0.5) is 0 Å². The predicted octanol–water partition coefficient (Wildman–Crippen LogP) is 2.42. The van der Waals surface area contributed by atoms with Crippen molar-refractivity contribution in [3.05, 3.63) is 65.2 Å². The molecule has 2 rings (SSSR count). The van der Waals surface area contributed by atoms with Gasteiger partial charge < -0.3 is 0 Å². The van der Waals surface area contributed by atoms with Crippen LogP contribution in [0.25, 0.3) is 0 Å². The van der Waals surface area contributed by atoms with Crippen molar-refractivity contribution in [2.75, 3.05) is 0 Å². The second-order valence-corrected chi connectivity index (χ2v) is 6.17. The number of rotatable bonds is 3. The summed E-state index contributed by atoms with van der Waals surface area (Å²) in [6.07, 6.45) is 0. The summed E-state index contributed by atoms with van der Waals surface area (Å²) >= 11 is 0. The number of amides is 1. The maximum atomic E-state index is 12.2. The van der Waals surface area contributed by atoms with Gasteiger partial charge in [0.15, 0.2) is 0 Å². The molecular weight excluding hydrogens is 274 g/mol. The van der Waals surface area contributed by atoms with Gasteiger partial charge in [-0.1, -0.05) is 36.4 Å². The lowest BCUT2D eigenvalue weighted by Gasteiger charge is -2.10. The van der Waals surface area contributed by atoms with Gasteiger partial charge in [0.1, 0.15) is 0 Å². The minimum absolute atomic E-state index is 0.113. The van der Waals surface area contributed by atoms with Crippen LogP contribution in [0.3, 0.4) is 0 Å². The molecule has 5 heteroatoms. The van der Waals surface area contributed by atoms with Gasteiger partial charge in [-0.15, -0.1) is 0 Å². The van der Waals surface area contributed by atoms with Crippen molar-refractivity contribution >= 4 is 15.9 Å². The van der Waals surface area contributed by atoms with Gasteiger partial charge in [-0.2, -0.15) is 0 Å². The minimum Gasteiger partial charge on any atom is -0.268 e. The van der Waals surface area contributed by atoms with Crippen LogP contribution in [0.5, 0.6) is 0 Å². The number of sulfonamides is 1. The Bertz CT molecular complexity index is 751. The van der Waals surface area contributed by atoms with Crippen molar-refractivity contribution in [1.82, 2.24) is 4.72 Å². The second-order valence-electron chi connectivity index (χ2n) is 4.52. The topological polar surface area (TPSA) is 63.2 Å². The molecule has 0 aliphatic carbocycles. The molecule has 0 heterocycles. The van der Waals surface area contributed by atoms with E-state index < -0.39 is 15.9 Å². The molecule has 0 aliphatic rings. The molecule has 2 aromatic rings. The first-order chi connectivity index (χ1) is 9.42. The molecule has 0 aliphatic heterocycles. The van der Waals surface area contributed by atoms with Crippen LogP contribution in [0.1, 0.15) is 21.5 Å².